The maximum absolute atomic E-state index is 12.9. The maximum Gasteiger partial charge on any atom is 0.326 e. The van der Waals surface area contributed by atoms with Crippen LogP contribution >= 0.6 is 0 Å². The quantitative estimate of drug-likeness (QED) is 0.799. The van der Waals surface area contributed by atoms with Crippen molar-refractivity contribution < 1.29 is 14.3 Å². The summed E-state index contributed by atoms with van der Waals surface area (Å²) in [6, 6.07) is 9.52. The van der Waals surface area contributed by atoms with E-state index in [9.17, 15) is 9.59 Å². The zero-order valence-electron chi connectivity index (χ0n) is 15.2. The van der Waals surface area contributed by atoms with Gasteiger partial charge in [-0.3, -0.25) is 14.6 Å². The van der Waals surface area contributed by atoms with E-state index in [0.29, 0.717) is 11.5 Å². The fourth-order valence-electron chi connectivity index (χ4n) is 2.81. The predicted octanol–water partition coefficient (Wildman–Crippen LogP) is 3.53. The number of carbonyl (C=O) groups excluding carboxylic acids is 2. The number of rotatable bonds is 4. The summed E-state index contributed by atoms with van der Waals surface area (Å²) in [7, 11) is 1.62. The summed E-state index contributed by atoms with van der Waals surface area (Å²) in [6.45, 7) is 5.35. The van der Waals surface area contributed by atoms with Crippen LogP contribution < -0.4 is 0 Å². The van der Waals surface area contributed by atoms with Gasteiger partial charge in [-0.05, 0) is 45.7 Å². The number of ether oxygens (including phenoxy) is 1. The molecular formula is C20H24N2O3. The van der Waals surface area contributed by atoms with E-state index in [1.807, 2.05) is 51.1 Å². The van der Waals surface area contributed by atoms with E-state index in [1.165, 1.54) is 4.90 Å². The third-order valence-corrected chi connectivity index (χ3v) is 4.10. The van der Waals surface area contributed by atoms with Crippen molar-refractivity contribution in [2.75, 3.05) is 13.6 Å². The molecule has 5 heteroatoms. The molecule has 3 rings (SSSR count). The molecule has 132 valence electrons. The van der Waals surface area contributed by atoms with Crippen LogP contribution in [-0.2, 0) is 9.53 Å². The summed E-state index contributed by atoms with van der Waals surface area (Å²) in [6.07, 6.45) is 2.24. The summed E-state index contributed by atoms with van der Waals surface area (Å²) in [5.74, 6) is -0.150. The third kappa shape index (κ3) is 4.16. The number of likely N-dealkylation sites (N-methyl/N-ethyl adjacent to an activating group) is 1. The number of pyridine rings is 1. The first-order valence-corrected chi connectivity index (χ1v) is 8.61. The van der Waals surface area contributed by atoms with Crippen molar-refractivity contribution in [2.24, 2.45) is 0 Å². The lowest BCUT2D eigenvalue weighted by molar-refractivity contribution is -0.155. The molecule has 1 aromatic heterocycles. The van der Waals surface area contributed by atoms with Gasteiger partial charge in [-0.1, -0.05) is 18.2 Å². The number of fused-ring (bicyclic) bond motifs is 1. The van der Waals surface area contributed by atoms with Crippen molar-refractivity contribution in [3.63, 3.8) is 0 Å². The second-order valence-corrected chi connectivity index (χ2v) is 7.63. The molecular weight excluding hydrogens is 316 g/mol. The zero-order chi connectivity index (χ0) is 18.2. The third-order valence-electron chi connectivity index (χ3n) is 4.10. The number of nitrogens with zero attached hydrogens (tertiary/aromatic N) is 2. The van der Waals surface area contributed by atoms with Gasteiger partial charge in [-0.25, -0.2) is 0 Å². The van der Waals surface area contributed by atoms with Crippen LogP contribution in [0.25, 0.3) is 10.9 Å². The first-order chi connectivity index (χ1) is 11.7. The highest BCUT2D eigenvalue weighted by molar-refractivity contribution is 6.06. The van der Waals surface area contributed by atoms with E-state index in [2.05, 4.69) is 4.98 Å². The molecule has 2 aromatic rings. The normalized spacial score (nSPS) is 14.4. The molecule has 1 aliphatic carbocycles. The van der Waals surface area contributed by atoms with Gasteiger partial charge < -0.3 is 9.64 Å². The van der Waals surface area contributed by atoms with E-state index in [0.717, 1.165) is 29.4 Å². The molecule has 1 aromatic carbocycles. The molecule has 1 amide bonds. The largest absolute Gasteiger partial charge is 0.459 e. The average molecular weight is 340 g/mol. The highest BCUT2D eigenvalue weighted by Gasteiger charge is 2.28. The van der Waals surface area contributed by atoms with Gasteiger partial charge in [-0.15, -0.1) is 0 Å². The highest BCUT2D eigenvalue weighted by atomic mass is 16.6. The number of hydrogen-bond donors (Lipinski definition) is 0. The smallest absolute Gasteiger partial charge is 0.326 e. The molecule has 0 atom stereocenters. The minimum Gasteiger partial charge on any atom is -0.459 e. The Labute approximate surface area is 148 Å². The van der Waals surface area contributed by atoms with Gasteiger partial charge in [0.1, 0.15) is 12.1 Å². The lowest BCUT2D eigenvalue weighted by Gasteiger charge is -2.23. The van der Waals surface area contributed by atoms with Gasteiger partial charge in [0.15, 0.2) is 0 Å². The van der Waals surface area contributed by atoms with E-state index < -0.39 is 11.6 Å². The number of aromatic nitrogens is 1. The Bertz CT molecular complexity index is 819. The first kappa shape index (κ1) is 17.4. The molecule has 1 heterocycles. The van der Waals surface area contributed by atoms with E-state index in [4.69, 9.17) is 4.74 Å². The summed E-state index contributed by atoms with van der Waals surface area (Å²) in [5.41, 5.74) is 1.82. The van der Waals surface area contributed by atoms with Gasteiger partial charge in [0.05, 0.1) is 11.1 Å². The van der Waals surface area contributed by atoms with Gasteiger partial charge in [0, 0.05) is 24.0 Å². The molecule has 1 aliphatic rings. The Kier molecular flexibility index (Phi) is 4.50. The molecule has 1 fully saturated rings. The Balaban J connectivity index is 1.87. The second-order valence-electron chi connectivity index (χ2n) is 7.63. The Morgan fingerprint density at radius 3 is 2.56 bits per heavy atom. The van der Waals surface area contributed by atoms with Crippen LogP contribution in [0.1, 0.15) is 55.6 Å². The topological polar surface area (TPSA) is 59.5 Å². The molecule has 0 N–H and O–H groups in total. The molecule has 0 spiro atoms. The second kappa shape index (κ2) is 6.47. The van der Waals surface area contributed by atoms with Gasteiger partial charge in [0.25, 0.3) is 5.91 Å². The number of hydrogen-bond acceptors (Lipinski definition) is 4. The number of carbonyl (C=O) groups is 2. The Morgan fingerprint density at radius 2 is 1.92 bits per heavy atom. The van der Waals surface area contributed by atoms with Crippen LogP contribution in [0.3, 0.4) is 0 Å². The maximum atomic E-state index is 12.9. The van der Waals surface area contributed by atoms with Crippen molar-refractivity contribution in [3.05, 3.63) is 41.6 Å². The van der Waals surface area contributed by atoms with Gasteiger partial charge in [-0.2, -0.15) is 0 Å². The monoisotopic (exact) mass is 340 g/mol. The average Bonchev–Trinajstić information content (AvgIpc) is 3.36. The summed E-state index contributed by atoms with van der Waals surface area (Å²) < 4.78 is 5.31. The molecule has 5 nitrogen and oxygen atoms in total. The van der Waals surface area contributed by atoms with Crippen LogP contribution in [0.15, 0.2) is 30.3 Å². The molecule has 0 unspecified atom stereocenters. The summed E-state index contributed by atoms with van der Waals surface area (Å²) in [5, 5.41) is 0.813. The standard InChI is InChI=1S/C20H24N2O3/c1-20(2,3)25-18(23)12-22(4)19(24)15-11-17(13-9-10-13)21-16-8-6-5-7-14(15)16/h5-8,11,13H,9-10,12H2,1-4H3. The van der Waals surface area contributed by atoms with E-state index >= 15 is 0 Å². The lowest BCUT2D eigenvalue weighted by Crippen LogP contribution is -2.36. The van der Waals surface area contributed by atoms with E-state index in [1.54, 1.807) is 7.05 Å². The van der Waals surface area contributed by atoms with Crippen LogP contribution in [0.2, 0.25) is 0 Å². The number of esters is 1. The molecule has 1 saturated carbocycles. The van der Waals surface area contributed by atoms with Gasteiger partial charge >= 0.3 is 5.97 Å². The van der Waals surface area contributed by atoms with Crippen molar-refractivity contribution in [1.82, 2.24) is 9.88 Å². The van der Waals surface area contributed by atoms with Crippen molar-refractivity contribution >= 4 is 22.8 Å². The number of para-hydroxylation sites is 1. The fraction of sp³-hybridized carbons (Fsp3) is 0.450. The SMILES string of the molecule is CN(CC(=O)OC(C)(C)C)C(=O)c1cc(C2CC2)nc2ccccc12. The van der Waals surface area contributed by atoms with Crippen molar-refractivity contribution in [3.8, 4) is 0 Å². The van der Waals surface area contributed by atoms with Crippen LogP contribution in [0, 0.1) is 0 Å². The predicted molar refractivity (Wildman–Crippen MR) is 96.5 cm³/mol. The van der Waals surface area contributed by atoms with E-state index in [-0.39, 0.29) is 12.5 Å². The van der Waals surface area contributed by atoms with Crippen LogP contribution in [0.5, 0.6) is 0 Å². The van der Waals surface area contributed by atoms with Crippen molar-refractivity contribution in [1.29, 1.82) is 0 Å². The molecule has 0 radical (unpaired) electrons. The lowest BCUT2D eigenvalue weighted by atomic mass is 10.0. The van der Waals surface area contributed by atoms with Crippen molar-refractivity contribution in [2.45, 2.75) is 45.1 Å². The molecule has 0 bridgehead atoms. The zero-order valence-corrected chi connectivity index (χ0v) is 15.2. The fourth-order valence-corrected chi connectivity index (χ4v) is 2.81. The Hall–Kier alpha value is -2.43. The minimum atomic E-state index is -0.566. The molecule has 0 saturated heterocycles. The number of amides is 1. The minimum absolute atomic E-state index is 0.0779. The number of benzene rings is 1. The highest BCUT2D eigenvalue weighted by Crippen LogP contribution is 2.40. The first-order valence-electron chi connectivity index (χ1n) is 8.61. The van der Waals surface area contributed by atoms with Crippen LogP contribution in [0.4, 0.5) is 0 Å². The summed E-state index contributed by atoms with van der Waals surface area (Å²) >= 11 is 0. The van der Waals surface area contributed by atoms with Crippen LogP contribution in [-0.4, -0.2) is 41.0 Å². The Morgan fingerprint density at radius 1 is 1.24 bits per heavy atom. The molecule has 25 heavy (non-hydrogen) atoms. The molecule has 0 aliphatic heterocycles. The summed E-state index contributed by atoms with van der Waals surface area (Å²) in [4.78, 5) is 31.1. The van der Waals surface area contributed by atoms with Gasteiger partial charge in [0.2, 0.25) is 0 Å².